The van der Waals surface area contributed by atoms with Gasteiger partial charge in [0.2, 0.25) is 0 Å². The third-order valence-electron chi connectivity index (χ3n) is 8.16. The number of alkyl halides is 1. The van der Waals surface area contributed by atoms with E-state index in [0.29, 0.717) is 36.7 Å². The number of benzene rings is 2. The van der Waals surface area contributed by atoms with E-state index in [1.54, 1.807) is 0 Å². The summed E-state index contributed by atoms with van der Waals surface area (Å²) in [5, 5.41) is 13.8. The molecule has 0 saturated carbocycles. The van der Waals surface area contributed by atoms with Crippen molar-refractivity contribution in [1.29, 1.82) is 0 Å². The number of hydrogen-bond acceptors (Lipinski definition) is 6. The number of nitrogens with zero attached hydrogens (tertiary/aromatic N) is 4. The molecule has 4 heterocycles. The average molecular weight is 616 g/mol. The molecular weight excluding hydrogens is 580 g/mol. The Kier molecular flexibility index (Phi) is 7.71. The van der Waals surface area contributed by atoms with E-state index in [9.17, 15) is 4.79 Å². The van der Waals surface area contributed by atoms with E-state index < -0.39 is 5.66 Å². The molecule has 0 aromatic heterocycles. The summed E-state index contributed by atoms with van der Waals surface area (Å²) in [6.07, 6.45) is 12.0. The van der Waals surface area contributed by atoms with E-state index in [2.05, 4.69) is 57.7 Å². The largest absolute Gasteiger partial charge is 0.457 e. The van der Waals surface area contributed by atoms with E-state index in [4.69, 9.17) is 9.73 Å². The number of amides is 1. The smallest absolute Gasteiger partial charge is 0.257 e. The first-order valence-corrected chi connectivity index (χ1v) is 15.1. The first kappa shape index (κ1) is 27.3. The third-order valence-corrected chi connectivity index (χ3v) is 9.29. The molecule has 1 fully saturated rings. The van der Waals surface area contributed by atoms with Crippen LogP contribution in [-0.4, -0.2) is 64.0 Å². The number of aliphatic imine (C=N–C) groups is 1. The first-order valence-electron chi connectivity index (χ1n) is 14.2. The Balaban J connectivity index is 1.24. The second-order valence-corrected chi connectivity index (χ2v) is 12.0. The molecule has 4 unspecified atom stereocenters. The van der Waals surface area contributed by atoms with Crippen molar-refractivity contribution in [3.8, 4) is 11.5 Å². The molecule has 2 aromatic carbocycles. The fraction of sp³-hybridized carbons (Fsp3) is 0.344. The van der Waals surface area contributed by atoms with Crippen molar-refractivity contribution >= 4 is 33.9 Å². The summed E-state index contributed by atoms with van der Waals surface area (Å²) in [5.74, 6) is 2.24. The van der Waals surface area contributed by atoms with E-state index >= 15 is 0 Å². The number of amidine groups is 1. The lowest BCUT2D eigenvalue weighted by Gasteiger charge is -2.45. The standard InChI is InChI=1S/C32H35BrN6O2/c1-22-23(10-8-16-34-22)19-35-30-18-27(37-32(2)29(33)20-36-39(30)32)24-11-9-17-38(21-24)31(40)26-14-6-7-15-28(26)41-25-12-4-3-5-13-25/h3-8,10,12-16,18,20,22,24,29,34,37H,9,11,17,19,21H2,1-2H3. The van der Waals surface area contributed by atoms with Crippen molar-refractivity contribution in [2.45, 2.75) is 43.2 Å². The number of fused-ring (bicyclic) bond motifs is 1. The second-order valence-electron chi connectivity index (χ2n) is 11.0. The van der Waals surface area contributed by atoms with E-state index in [1.807, 2.05) is 83.0 Å². The van der Waals surface area contributed by atoms with Gasteiger partial charge in [-0.3, -0.25) is 9.79 Å². The number of carbonyl (C=O) groups excluding carboxylic acids is 1. The molecule has 0 spiro atoms. The molecule has 2 aromatic rings. The van der Waals surface area contributed by atoms with Gasteiger partial charge in [0.25, 0.3) is 5.91 Å². The normalized spacial score (nSPS) is 28.0. The number of ether oxygens (including phenoxy) is 1. The number of dihydropyridines is 1. The molecule has 0 radical (unpaired) electrons. The van der Waals surface area contributed by atoms with Crippen LogP contribution in [0.5, 0.6) is 11.5 Å². The van der Waals surface area contributed by atoms with Crippen LogP contribution in [0.2, 0.25) is 0 Å². The highest BCUT2D eigenvalue weighted by Gasteiger charge is 2.47. The van der Waals surface area contributed by atoms with Gasteiger partial charge in [0, 0.05) is 43.0 Å². The molecule has 1 amide bonds. The molecule has 0 bridgehead atoms. The topological polar surface area (TPSA) is 81.6 Å². The van der Waals surface area contributed by atoms with E-state index in [0.717, 1.165) is 24.4 Å². The Morgan fingerprint density at radius 2 is 2.00 bits per heavy atom. The highest BCUT2D eigenvalue weighted by molar-refractivity contribution is 9.10. The summed E-state index contributed by atoms with van der Waals surface area (Å²) in [4.78, 5) is 20.8. The Labute approximate surface area is 249 Å². The van der Waals surface area contributed by atoms with Crippen LogP contribution in [0.3, 0.4) is 0 Å². The molecule has 8 nitrogen and oxygen atoms in total. The Hall–Kier alpha value is -3.85. The van der Waals surface area contributed by atoms with E-state index in [1.165, 1.54) is 5.57 Å². The Morgan fingerprint density at radius 3 is 2.83 bits per heavy atom. The predicted octanol–water partition coefficient (Wildman–Crippen LogP) is 5.43. The maximum Gasteiger partial charge on any atom is 0.257 e. The first-order chi connectivity index (χ1) is 19.9. The van der Waals surface area contributed by atoms with Crippen molar-refractivity contribution in [2.75, 3.05) is 19.6 Å². The summed E-state index contributed by atoms with van der Waals surface area (Å²) in [5.41, 5.74) is 2.40. The van der Waals surface area contributed by atoms with Gasteiger partial charge in [-0.2, -0.15) is 5.10 Å². The van der Waals surface area contributed by atoms with Gasteiger partial charge < -0.3 is 20.3 Å². The highest BCUT2D eigenvalue weighted by atomic mass is 79.9. The maximum absolute atomic E-state index is 13.8. The molecule has 9 heteroatoms. The summed E-state index contributed by atoms with van der Waals surface area (Å²) >= 11 is 3.81. The van der Waals surface area contributed by atoms with Crippen LogP contribution in [0.4, 0.5) is 0 Å². The van der Waals surface area contributed by atoms with Crippen LogP contribution < -0.4 is 15.4 Å². The SMILES string of the molecule is CC1NC=CC=C1CN=C1C=C(C2CCCN(C(=O)c3ccccc3Oc3ccccc3)C2)NC2(C)C(Br)C=NN12. The van der Waals surface area contributed by atoms with Crippen LogP contribution in [0.25, 0.3) is 0 Å². The van der Waals surface area contributed by atoms with Crippen LogP contribution in [0.1, 0.15) is 37.0 Å². The fourth-order valence-corrected chi connectivity index (χ4v) is 6.12. The number of carbonyl (C=O) groups is 1. The van der Waals surface area contributed by atoms with E-state index in [-0.39, 0.29) is 22.7 Å². The van der Waals surface area contributed by atoms with Crippen LogP contribution >= 0.6 is 15.9 Å². The van der Waals surface area contributed by atoms with Crippen molar-refractivity contribution < 1.29 is 9.53 Å². The lowest BCUT2D eigenvalue weighted by atomic mass is 9.91. The zero-order chi connectivity index (χ0) is 28.4. The molecule has 4 aliphatic rings. The Morgan fingerprint density at radius 1 is 1.20 bits per heavy atom. The number of allylic oxidation sites excluding steroid dienone is 2. The molecule has 4 aliphatic heterocycles. The highest BCUT2D eigenvalue weighted by Crippen LogP contribution is 2.36. The van der Waals surface area contributed by atoms with Gasteiger partial charge in [-0.25, -0.2) is 5.01 Å². The van der Waals surface area contributed by atoms with Gasteiger partial charge in [-0.1, -0.05) is 52.3 Å². The number of nitrogens with one attached hydrogen (secondary N) is 2. The minimum Gasteiger partial charge on any atom is -0.457 e. The minimum atomic E-state index is -0.490. The average Bonchev–Trinajstić information content (AvgIpc) is 3.31. The zero-order valence-corrected chi connectivity index (χ0v) is 24.9. The van der Waals surface area contributed by atoms with Gasteiger partial charge in [-0.15, -0.1) is 0 Å². The number of hydrogen-bond donors (Lipinski definition) is 2. The number of halogens is 1. The third kappa shape index (κ3) is 5.55. The molecule has 6 rings (SSSR count). The van der Waals surface area contributed by atoms with Crippen LogP contribution in [0.15, 0.2) is 100 Å². The van der Waals surface area contributed by atoms with Crippen molar-refractivity contribution in [2.24, 2.45) is 16.0 Å². The molecule has 4 atom stereocenters. The quantitative estimate of drug-likeness (QED) is 0.424. The number of piperidine rings is 1. The van der Waals surface area contributed by atoms with Gasteiger partial charge in [-0.05, 0) is 68.8 Å². The molecule has 0 aliphatic carbocycles. The summed E-state index contributed by atoms with van der Waals surface area (Å²) in [7, 11) is 0. The summed E-state index contributed by atoms with van der Waals surface area (Å²) in [6.45, 7) is 6.19. The fourth-order valence-electron chi connectivity index (χ4n) is 5.71. The zero-order valence-electron chi connectivity index (χ0n) is 23.3. The Bertz CT molecular complexity index is 1450. The van der Waals surface area contributed by atoms with Crippen molar-refractivity contribution in [1.82, 2.24) is 20.5 Å². The van der Waals surface area contributed by atoms with Gasteiger partial charge in [0.1, 0.15) is 23.0 Å². The summed E-state index contributed by atoms with van der Waals surface area (Å²) in [6, 6.07) is 17.3. The molecule has 41 heavy (non-hydrogen) atoms. The van der Waals surface area contributed by atoms with Crippen molar-refractivity contribution in [3.63, 3.8) is 0 Å². The van der Waals surface area contributed by atoms with Gasteiger partial charge >= 0.3 is 0 Å². The molecule has 1 saturated heterocycles. The molecular formula is C32H35BrN6O2. The number of rotatable bonds is 6. The lowest BCUT2D eigenvalue weighted by molar-refractivity contribution is 0.0677. The maximum atomic E-state index is 13.8. The van der Waals surface area contributed by atoms with Gasteiger partial charge in [0.15, 0.2) is 0 Å². The number of hydrazone groups is 1. The lowest BCUT2D eigenvalue weighted by Crippen LogP contribution is -2.62. The number of para-hydroxylation sites is 2. The molecule has 212 valence electrons. The van der Waals surface area contributed by atoms with Crippen LogP contribution in [-0.2, 0) is 0 Å². The number of likely N-dealkylation sites (tertiary alicyclic amines) is 1. The molecule has 2 N–H and O–H groups in total. The van der Waals surface area contributed by atoms with Crippen molar-refractivity contribution in [3.05, 3.63) is 95.9 Å². The minimum absolute atomic E-state index is 0.00431. The summed E-state index contributed by atoms with van der Waals surface area (Å²) < 4.78 is 6.11. The van der Waals surface area contributed by atoms with Crippen LogP contribution in [0, 0.1) is 5.92 Å². The predicted molar refractivity (Wildman–Crippen MR) is 166 cm³/mol. The second kappa shape index (κ2) is 11.6. The van der Waals surface area contributed by atoms with Gasteiger partial charge in [0.05, 0.1) is 16.9 Å². The monoisotopic (exact) mass is 614 g/mol.